The number of benzene rings is 1. The van der Waals surface area contributed by atoms with E-state index in [1.54, 1.807) is 28.8 Å². The molecule has 2 aromatic heterocycles. The van der Waals surface area contributed by atoms with Gasteiger partial charge in [-0.25, -0.2) is 13.4 Å². The fraction of sp³-hybridized carbons (Fsp3) is 0.0667. The van der Waals surface area contributed by atoms with Crippen molar-refractivity contribution in [2.75, 3.05) is 6.26 Å². The highest BCUT2D eigenvalue weighted by Crippen LogP contribution is 2.24. The zero-order valence-electron chi connectivity index (χ0n) is 11.2. The molecule has 106 valence electrons. The van der Waals surface area contributed by atoms with Crippen molar-refractivity contribution >= 4 is 21.8 Å². The number of aromatic nitrogens is 2. The first-order valence-corrected chi connectivity index (χ1v) is 8.12. The molecule has 0 aliphatic carbocycles. The Kier molecular flexibility index (Phi) is 3.10. The van der Waals surface area contributed by atoms with Crippen LogP contribution in [-0.2, 0) is 9.84 Å². The zero-order chi connectivity index (χ0) is 15.0. The third-order valence-corrected chi connectivity index (χ3v) is 4.36. The zero-order valence-corrected chi connectivity index (χ0v) is 12.0. The van der Waals surface area contributed by atoms with Crippen LogP contribution in [0.1, 0.15) is 10.5 Å². The van der Waals surface area contributed by atoms with Gasteiger partial charge in [0.15, 0.2) is 16.1 Å². The van der Waals surface area contributed by atoms with Gasteiger partial charge < -0.3 is 0 Å². The van der Waals surface area contributed by atoms with Gasteiger partial charge in [0.25, 0.3) is 0 Å². The molecule has 0 radical (unpaired) electrons. The lowest BCUT2D eigenvalue weighted by molar-refractivity contribution is 0.111. The molecule has 0 N–H and O–H groups in total. The van der Waals surface area contributed by atoms with Crippen molar-refractivity contribution in [3.63, 3.8) is 0 Å². The molecule has 0 bridgehead atoms. The fourth-order valence-electron chi connectivity index (χ4n) is 2.20. The fourth-order valence-corrected chi connectivity index (χ4v) is 2.83. The van der Waals surface area contributed by atoms with E-state index < -0.39 is 9.84 Å². The second-order valence-corrected chi connectivity index (χ2v) is 6.70. The molecule has 0 atom stereocenters. The Morgan fingerprint density at radius 3 is 2.43 bits per heavy atom. The second-order valence-electron chi connectivity index (χ2n) is 4.69. The summed E-state index contributed by atoms with van der Waals surface area (Å²) in [5.41, 5.74) is 2.35. The first-order valence-electron chi connectivity index (χ1n) is 6.23. The molecule has 0 saturated heterocycles. The van der Waals surface area contributed by atoms with Gasteiger partial charge in [0.2, 0.25) is 0 Å². The molecule has 3 rings (SSSR count). The van der Waals surface area contributed by atoms with Crippen LogP contribution in [-0.4, -0.2) is 30.3 Å². The number of pyridine rings is 1. The molecule has 0 aliphatic rings. The number of hydrogen-bond acceptors (Lipinski definition) is 4. The van der Waals surface area contributed by atoms with E-state index in [9.17, 15) is 13.2 Å². The molecule has 0 amide bonds. The lowest BCUT2D eigenvalue weighted by atomic mass is 10.1. The third-order valence-electron chi connectivity index (χ3n) is 3.23. The van der Waals surface area contributed by atoms with E-state index in [0.29, 0.717) is 22.6 Å². The summed E-state index contributed by atoms with van der Waals surface area (Å²) in [6, 6.07) is 11.8. The minimum atomic E-state index is -3.24. The summed E-state index contributed by atoms with van der Waals surface area (Å²) in [6.07, 6.45) is 3.67. The Labute approximate surface area is 121 Å². The normalized spacial score (nSPS) is 11.7. The summed E-state index contributed by atoms with van der Waals surface area (Å²) in [4.78, 5) is 16.0. The Morgan fingerprint density at radius 1 is 1.10 bits per heavy atom. The molecule has 3 aromatic rings. The van der Waals surface area contributed by atoms with Crippen LogP contribution >= 0.6 is 0 Å². The number of imidazole rings is 1. The Bertz CT molecular complexity index is 925. The smallest absolute Gasteiger partial charge is 0.175 e. The molecule has 6 heteroatoms. The van der Waals surface area contributed by atoms with Gasteiger partial charge in [-0.3, -0.25) is 9.20 Å². The number of rotatable bonds is 3. The first-order chi connectivity index (χ1) is 10.0. The molecule has 0 unspecified atom stereocenters. The highest BCUT2D eigenvalue weighted by molar-refractivity contribution is 7.90. The maximum absolute atomic E-state index is 11.5. The number of hydrogen-bond donors (Lipinski definition) is 0. The number of aldehydes is 1. The predicted molar refractivity (Wildman–Crippen MR) is 79.1 cm³/mol. The van der Waals surface area contributed by atoms with Crippen LogP contribution in [0.5, 0.6) is 0 Å². The molecule has 1 aromatic carbocycles. The van der Waals surface area contributed by atoms with Crippen molar-refractivity contribution in [3.05, 3.63) is 54.4 Å². The van der Waals surface area contributed by atoms with Gasteiger partial charge in [0.05, 0.1) is 4.90 Å². The molecule has 0 spiro atoms. The van der Waals surface area contributed by atoms with Crippen molar-refractivity contribution in [3.8, 4) is 11.3 Å². The number of nitrogens with zero attached hydrogens (tertiary/aromatic N) is 2. The highest BCUT2D eigenvalue weighted by Gasteiger charge is 2.14. The minimum absolute atomic E-state index is 0.239. The third kappa shape index (κ3) is 2.34. The number of carbonyl (C=O) groups is 1. The summed E-state index contributed by atoms with van der Waals surface area (Å²) in [7, 11) is -3.24. The van der Waals surface area contributed by atoms with Gasteiger partial charge in [-0.15, -0.1) is 0 Å². The van der Waals surface area contributed by atoms with Gasteiger partial charge in [-0.2, -0.15) is 0 Å². The first kappa shape index (κ1) is 13.5. The van der Waals surface area contributed by atoms with E-state index in [1.807, 2.05) is 12.1 Å². The molecule has 0 saturated carbocycles. The number of carbonyl (C=O) groups excluding carboxylic acids is 1. The monoisotopic (exact) mass is 300 g/mol. The molecule has 21 heavy (non-hydrogen) atoms. The van der Waals surface area contributed by atoms with E-state index in [0.717, 1.165) is 12.5 Å². The van der Waals surface area contributed by atoms with Crippen molar-refractivity contribution in [1.82, 2.24) is 9.38 Å². The van der Waals surface area contributed by atoms with Gasteiger partial charge in [-0.05, 0) is 24.3 Å². The largest absolute Gasteiger partial charge is 0.297 e. The van der Waals surface area contributed by atoms with Crippen molar-refractivity contribution in [1.29, 1.82) is 0 Å². The Balaban J connectivity index is 2.18. The average molecular weight is 300 g/mol. The summed E-state index contributed by atoms with van der Waals surface area (Å²) < 4.78 is 24.6. The van der Waals surface area contributed by atoms with Crippen LogP contribution in [0.15, 0.2) is 53.6 Å². The molecule has 0 aliphatic heterocycles. The quantitative estimate of drug-likeness (QED) is 0.695. The van der Waals surface area contributed by atoms with E-state index in [1.165, 1.54) is 12.1 Å². The molecular weight excluding hydrogens is 288 g/mol. The van der Waals surface area contributed by atoms with E-state index >= 15 is 0 Å². The lowest BCUT2D eigenvalue weighted by Gasteiger charge is -2.01. The average Bonchev–Trinajstić information content (AvgIpc) is 2.85. The van der Waals surface area contributed by atoms with Crippen molar-refractivity contribution < 1.29 is 13.2 Å². The van der Waals surface area contributed by atoms with Crippen LogP contribution in [0, 0.1) is 0 Å². The second kappa shape index (κ2) is 4.82. The summed E-state index contributed by atoms with van der Waals surface area (Å²) in [5, 5.41) is 0. The van der Waals surface area contributed by atoms with Crippen LogP contribution in [0.2, 0.25) is 0 Å². The van der Waals surface area contributed by atoms with Crippen LogP contribution in [0.25, 0.3) is 16.9 Å². The van der Waals surface area contributed by atoms with Crippen molar-refractivity contribution in [2.24, 2.45) is 0 Å². The van der Waals surface area contributed by atoms with Crippen LogP contribution in [0.3, 0.4) is 0 Å². The van der Waals surface area contributed by atoms with E-state index in [2.05, 4.69) is 4.98 Å². The molecule has 2 heterocycles. The van der Waals surface area contributed by atoms with Crippen LogP contribution < -0.4 is 0 Å². The molecular formula is C15H12N2O3S. The maximum Gasteiger partial charge on any atom is 0.175 e. The van der Waals surface area contributed by atoms with E-state index in [4.69, 9.17) is 0 Å². The lowest BCUT2D eigenvalue weighted by Crippen LogP contribution is -1.96. The predicted octanol–water partition coefficient (Wildman–Crippen LogP) is 2.22. The van der Waals surface area contributed by atoms with Crippen LogP contribution in [0.4, 0.5) is 0 Å². The van der Waals surface area contributed by atoms with E-state index in [-0.39, 0.29) is 4.90 Å². The SMILES string of the molecule is CS(=O)(=O)c1ccc(-c2nc3ccccn3c2C=O)cc1. The molecule has 5 nitrogen and oxygen atoms in total. The van der Waals surface area contributed by atoms with Gasteiger partial charge >= 0.3 is 0 Å². The Morgan fingerprint density at radius 2 is 1.81 bits per heavy atom. The standard InChI is InChI=1S/C15H12N2O3S/c1-21(19,20)12-7-5-11(6-8-12)15-13(10-18)17-9-3-2-4-14(17)16-15/h2-10H,1H3. The maximum atomic E-state index is 11.5. The summed E-state index contributed by atoms with van der Waals surface area (Å²) in [6.45, 7) is 0. The number of fused-ring (bicyclic) bond motifs is 1. The van der Waals surface area contributed by atoms with Gasteiger partial charge in [0, 0.05) is 18.0 Å². The highest BCUT2D eigenvalue weighted by atomic mass is 32.2. The number of sulfone groups is 1. The van der Waals surface area contributed by atoms with Gasteiger partial charge in [0.1, 0.15) is 17.0 Å². The Hall–Kier alpha value is -2.47. The van der Waals surface area contributed by atoms with Gasteiger partial charge in [-0.1, -0.05) is 18.2 Å². The van der Waals surface area contributed by atoms with Crippen molar-refractivity contribution in [2.45, 2.75) is 4.90 Å². The topological polar surface area (TPSA) is 68.5 Å². The molecule has 0 fully saturated rings. The summed E-state index contributed by atoms with van der Waals surface area (Å²) in [5.74, 6) is 0. The summed E-state index contributed by atoms with van der Waals surface area (Å²) >= 11 is 0. The minimum Gasteiger partial charge on any atom is -0.297 e.